The number of alkyl carbamates (subject to hydrolysis) is 1. The summed E-state index contributed by atoms with van der Waals surface area (Å²) in [5, 5.41) is 5.12. The van der Waals surface area contributed by atoms with E-state index < -0.39 is 17.3 Å². The summed E-state index contributed by atoms with van der Waals surface area (Å²) in [6.07, 6.45) is -0.695. The Kier molecular flexibility index (Phi) is 7.52. The fraction of sp³-hybridized carbons (Fsp3) is 0.176. The van der Waals surface area contributed by atoms with Gasteiger partial charge < -0.3 is 25.1 Å². The van der Waals surface area contributed by atoms with Crippen molar-refractivity contribution in [2.75, 3.05) is 30.5 Å². The summed E-state index contributed by atoms with van der Waals surface area (Å²) in [5.41, 5.74) is 6.74. The summed E-state index contributed by atoms with van der Waals surface area (Å²) in [6.45, 7) is 0.312. The number of hydrogen-bond donors (Lipinski definition) is 3. The maximum Gasteiger partial charge on any atom is 0.413 e. The summed E-state index contributed by atoms with van der Waals surface area (Å²) in [4.78, 5) is 11.7. The minimum Gasteiger partial charge on any atom is -0.611 e. The number of rotatable bonds is 6. The van der Waals surface area contributed by atoms with E-state index in [9.17, 15) is 9.35 Å². The zero-order chi connectivity index (χ0) is 18.9. The molecule has 1 amide bonds. The van der Waals surface area contributed by atoms with E-state index in [1.165, 1.54) is 7.11 Å². The van der Waals surface area contributed by atoms with Crippen molar-refractivity contribution in [1.82, 2.24) is 5.32 Å². The van der Waals surface area contributed by atoms with Crippen molar-refractivity contribution in [2.45, 2.75) is 4.90 Å². The molecule has 0 bridgehead atoms. The van der Waals surface area contributed by atoms with Crippen LogP contribution < -0.4 is 21.1 Å². The number of benzene rings is 2. The summed E-state index contributed by atoms with van der Waals surface area (Å²) < 4.78 is 22.5. The fourth-order valence-corrected chi connectivity index (χ4v) is 3.09. The first-order chi connectivity index (χ1) is 12.5. The Labute approximate surface area is 160 Å². The number of nitrogen functional groups attached to an aromatic ring is 1. The van der Waals surface area contributed by atoms with Crippen molar-refractivity contribution in [3.63, 3.8) is 0 Å². The van der Waals surface area contributed by atoms with Gasteiger partial charge in [-0.15, -0.1) is 0 Å². The summed E-state index contributed by atoms with van der Waals surface area (Å²) in [6, 6.07) is 14.2. The molecule has 4 N–H and O–H groups in total. The third-order valence-corrected chi connectivity index (χ3v) is 4.74. The number of carbonyl (C=O) groups excluding carboxylic acids is 1. The Morgan fingerprint density at radius 2 is 2.00 bits per heavy atom. The van der Waals surface area contributed by atoms with Crippen LogP contribution in [0.2, 0.25) is 0 Å². The molecule has 7 nitrogen and oxygen atoms in total. The summed E-state index contributed by atoms with van der Waals surface area (Å²) in [7, 11) is 1.23. The first kappa shape index (κ1) is 19.8. The van der Waals surface area contributed by atoms with E-state index in [1.807, 2.05) is 30.3 Å². The summed E-state index contributed by atoms with van der Waals surface area (Å²) >= 11 is 3.72. The van der Waals surface area contributed by atoms with Gasteiger partial charge in [-0.25, -0.2) is 4.79 Å². The number of thiocarbonyl (C=S) groups is 1. The second-order valence-electron chi connectivity index (χ2n) is 5.03. The number of methoxy groups -OCH3 is 1. The van der Waals surface area contributed by atoms with Gasteiger partial charge in [-0.1, -0.05) is 18.2 Å². The Balaban J connectivity index is 1.94. The highest BCUT2D eigenvalue weighted by Crippen LogP contribution is 2.23. The number of para-hydroxylation sites is 1. The molecule has 0 spiro atoms. The molecular weight excluding hydrogens is 374 g/mol. The monoisotopic (exact) mass is 393 g/mol. The average molecular weight is 393 g/mol. The molecule has 0 fully saturated rings. The van der Waals surface area contributed by atoms with E-state index in [4.69, 9.17) is 22.7 Å². The molecule has 0 aromatic heterocycles. The number of hydrogen-bond acceptors (Lipinski definition) is 6. The second kappa shape index (κ2) is 9.85. The van der Waals surface area contributed by atoms with E-state index >= 15 is 0 Å². The maximum absolute atomic E-state index is 12.4. The van der Waals surface area contributed by atoms with Gasteiger partial charge in [0.05, 0.1) is 18.5 Å². The molecule has 138 valence electrons. The van der Waals surface area contributed by atoms with E-state index in [-0.39, 0.29) is 5.11 Å². The van der Waals surface area contributed by atoms with Crippen LogP contribution in [0.5, 0.6) is 5.75 Å². The van der Waals surface area contributed by atoms with Crippen LogP contribution >= 0.6 is 12.2 Å². The largest absolute Gasteiger partial charge is 0.611 e. The highest BCUT2D eigenvalue weighted by atomic mass is 32.2. The lowest BCUT2D eigenvalue weighted by atomic mass is 10.3. The number of carbonyl (C=O) groups is 1. The smallest absolute Gasteiger partial charge is 0.413 e. The number of amides is 1. The van der Waals surface area contributed by atoms with Crippen LogP contribution in [0.25, 0.3) is 0 Å². The van der Waals surface area contributed by atoms with Gasteiger partial charge in [0.2, 0.25) is 0 Å². The van der Waals surface area contributed by atoms with Gasteiger partial charge >= 0.3 is 6.09 Å². The first-order valence-corrected chi connectivity index (χ1v) is 9.34. The molecule has 0 heterocycles. The highest BCUT2D eigenvalue weighted by Gasteiger charge is 2.14. The number of nitrogens with one attached hydrogen (secondary N) is 2. The van der Waals surface area contributed by atoms with Crippen LogP contribution in [0, 0.1) is 0 Å². The lowest BCUT2D eigenvalue weighted by Crippen LogP contribution is -2.34. The standard InChI is InChI=1S/C17H19N3O4S2/c1-23-17(21)20-16(25)19-15-11-13(7-8-14(15)18)26(22)10-9-24-12-5-3-2-4-6-12/h2-8,11H,9-10,18H2,1H3,(H2,19,20,21,25). The molecule has 9 heteroatoms. The topological polar surface area (TPSA) is 109 Å². The SMILES string of the molecule is COC(=O)NC(=S)Nc1cc([S+]([O-])CCOc2ccccc2)ccc1N. The quantitative estimate of drug-likeness (QED) is 0.393. The number of ether oxygens (including phenoxy) is 2. The van der Waals surface area contributed by atoms with Crippen LogP contribution in [0.4, 0.5) is 16.2 Å². The van der Waals surface area contributed by atoms with Gasteiger partial charge in [-0.3, -0.25) is 5.32 Å². The van der Waals surface area contributed by atoms with Crippen LogP contribution in [-0.4, -0.2) is 35.2 Å². The predicted octanol–water partition coefficient (Wildman–Crippen LogP) is 2.51. The molecular formula is C17H19N3O4S2. The predicted molar refractivity (Wildman–Crippen MR) is 106 cm³/mol. The molecule has 0 saturated heterocycles. The second-order valence-corrected chi connectivity index (χ2v) is 7.01. The molecule has 2 rings (SSSR count). The van der Waals surface area contributed by atoms with Crippen molar-refractivity contribution in [2.24, 2.45) is 0 Å². The van der Waals surface area contributed by atoms with E-state index in [1.54, 1.807) is 18.2 Å². The zero-order valence-electron chi connectivity index (χ0n) is 14.1. The highest BCUT2D eigenvalue weighted by molar-refractivity contribution is 7.91. The van der Waals surface area contributed by atoms with Crippen molar-refractivity contribution >= 4 is 46.0 Å². The minimum atomic E-state index is -1.28. The maximum atomic E-state index is 12.4. The lowest BCUT2D eigenvalue weighted by molar-refractivity contribution is 0.177. The zero-order valence-corrected chi connectivity index (χ0v) is 15.7. The minimum absolute atomic E-state index is 0.0268. The van der Waals surface area contributed by atoms with Gasteiger partial charge in [-0.05, 0) is 47.7 Å². The molecule has 2 aromatic rings. The summed E-state index contributed by atoms with van der Waals surface area (Å²) in [5.74, 6) is 1.05. The lowest BCUT2D eigenvalue weighted by Gasteiger charge is -2.15. The van der Waals surface area contributed by atoms with Gasteiger partial charge in [0.1, 0.15) is 18.1 Å². The van der Waals surface area contributed by atoms with Gasteiger partial charge in [0.25, 0.3) is 0 Å². The average Bonchev–Trinajstić information content (AvgIpc) is 2.64. The Morgan fingerprint density at radius 3 is 2.69 bits per heavy atom. The number of anilines is 2. The molecule has 0 radical (unpaired) electrons. The molecule has 0 saturated carbocycles. The van der Waals surface area contributed by atoms with Crippen LogP contribution in [0.1, 0.15) is 0 Å². The Bertz CT molecular complexity index is 759. The Hall–Kier alpha value is -2.49. The van der Waals surface area contributed by atoms with Gasteiger partial charge in [0, 0.05) is 6.07 Å². The third-order valence-electron chi connectivity index (χ3n) is 3.22. The van der Waals surface area contributed by atoms with E-state index in [2.05, 4.69) is 15.4 Å². The molecule has 0 aliphatic heterocycles. The van der Waals surface area contributed by atoms with Crippen LogP contribution in [0.15, 0.2) is 53.4 Å². The molecule has 1 unspecified atom stereocenters. The molecule has 1 atom stereocenters. The van der Waals surface area contributed by atoms with E-state index in [0.29, 0.717) is 28.6 Å². The first-order valence-electron chi connectivity index (χ1n) is 7.61. The van der Waals surface area contributed by atoms with Crippen LogP contribution in [-0.2, 0) is 15.9 Å². The van der Waals surface area contributed by atoms with Crippen molar-refractivity contribution in [3.05, 3.63) is 48.5 Å². The normalized spacial score (nSPS) is 11.3. The fourth-order valence-electron chi connectivity index (χ4n) is 1.95. The number of nitrogens with two attached hydrogens (primary N) is 1. The third kappa shape index (κ3) is 6.10. The van der Waals surface area contributed by atoms with Crippen molar-refractivity contribution in [3.8, 4) is 5.75 Å². The van der Waals surface area contributed by atoms with Gasteiger partial charge in [0.15, 0.2) is 10.0 Å². The van der Waals surface area contributed by atoms with Crippen molar-refractivity contribution < 1.29 is 18.8 Å². The van der Waals surface area contributed by atoms with E-state index in [0.717, 1.165) is 5.75 Å². The Morgan fingerprint density at radius 1 is 1.27 bits per heavy atom. The van der Waals surface area contributed by atoms with Crippen LogP contribution in [0.3, 0.4) is 0 Å². The van der Waals surface area contributed by atoms with Gasteiger partial charge in [-0.2, -0.15) is 0 Å². The molecule has 2 aromatic carbocycles. The van der Waals surface area contributed by atoms with Crippen molar-refractivity contribution in [1.29, 1.82) is 0 Å². The molecule has 26 heavy (non-hydrogen) atoms. The molecule has 0 aliphatic rings. The molecule has 0 aliphatic carbocycles.